The third kappa shape index (κ3) is 7.06. The predicted molar refractivity (Wildman–Crippen MR) is 98.2 cm³/mol. The standard InChI is InChI=1S/C15H22N5O8P/c1-10(4-20-6-19-13-14(16)17-5-18-15(13)20)26-9-29(23,27-7-24-11(2)21)28-8-25-12(3)22/h5-6,10H,4,7-9H2,1-3H3,(H2,16,17,18)/t10-/m1/s1. The highest BCUT2D eigenvalue weighted by atomic mass is 31.2. The lowest BCUT2D eigenvalue weighted by atomic mass is 10.4. The zero-order chi connectivity index (χ0) is 21.4. The summed E-state index contributed by atoms with van der Waals surface area (Å²) in [6.07, 6.45) is 1.91. The van der Waals surface area contributed by atoms with Crippen molar-refractivity contribution in [1.82, 2.24) is 19.5 Å². The first-order chi connectivity index (χ1) is 13.7. The average Bonchev–Trinajstić information content (AvgIpc) is 3.04. The fourth-order valence-corrected chi connectivity index (χ4v) is 3.16. The molecule has 0 bridgehead atoms. The second kappa shape index (κ2) is 10.3. The van der Waals surface area contributed by atoms with Crippen LogP contribution in [0.2, 0.25) is 0 Å². The maximum absolute atomic E-state index is 12.7. The third-order valence-electron chi connectivity index (χ3n) is 3.42. The van der Waals surface area contributed by atoms with Crippen LogP contribution >= 0.6 is 7.60 Å². The van der Waals surface area contributed by atoms with Crippen LogP contribution in [0.4, 0.5) is 5.82 Å². The molecule has 13 nitrogen and oxygen atoms in total. The van der Waals surface area contributed by atoms with Crippen molar-refractivity contribution >= 4 is 36.5 Å². The molecule has 0 amide bonds. The van der Waals surface area contributed by atoms with Crippen LogP contribution in [0.3, 0.4) is 0 Å². The third-order valence-corrected chi connectivity index (χ3v) is 4.89. The summed E-state index contributed by atoms with van der Waals surface area (Å²) in [4.78, 5) is 33.8. The Morgan fingerprint density at radius 1 is 1.14 bits per heavy atom. The van der Waals surface area contributed by atoms with E-state index in [9.17, 15) is 14.2 Å². The molecule has 2 N–H and O–H groups in total. The van der Waals surface area contributed by atoms with Crippen LogP contribution in [0.1, 0.15) is 20.8 Å². The van der Waals surface area contributed by atoms with Crippen LogP contribution in [-0.4, -0.2) is 57.5 Å². The molecular formula is C15H22N5O8P. The van der Waals surface area contributed by atoms with Crippen molar-refractivity contribution in [3.8, 4) is 0 Å². The van der Waals surface area contributed by atoms with Gasteiger partial charge in [0.25, 0.3) is 0 Å². The number of rotatable bonds is 11. The van der Waals surface area contributed by atoms with Gasteiger partial charge in [-0.2, -0.15) is 0 Å². The minimum atomic E-state index is -3.88. The molecule has 2 heterocycles. The number of nitrogen functional groups attached to an aromatic ring is 1. The molecule has 2 aromatic rings. The summed E-state index contributed by atoms with van der Waals surface area (Å²) < 4.78 is 39.2. The molecule has 14 heteroatoms. The average molecular weight is 431 g/mol. The summed E-state index contributed by atoms with van der Waals surface area (Å²) in [5, 5.41) is 0. The van der Waals surface area contributed by atoms with E-state index in [1.54, 1.807) is 11.5 Å². The van der Waals surface area contributed by atoms with Crippen LogP contribution < -0.4 is 5.73 Å². The van der Waals surface area contributed by atoms with Gasteiger partial charge in [0.1, 0.15) is 18.2 Å². The zero-order valence-corrected chi connectivity index (χ0v) is 17.0. The van der Waals surface area contributed by atoms with Crippen molar-refractivity contribution in [2.75, 3.05) is 25.7 Å². The molecule has 0 aromatic carbocycles. The van der Waals surface area contributed by atoms with E-state index in [1.165, 1.54) is 26.5 Å². The van der Waals surface area contributed by atoms with Crippen LogP contribution in [-0.2, 0) is 44.0 Å². The van der Waals surface area contributed by atoms with Gasteiger partial charge in [0, 0.05) is 13.8 Å². The fraction of sp³-hybridized carbons (Fsp3) is 0.533. The molecular weight excluding hydrogens is 409 g/mol. The Morgan fingerprint density at radius 3 is 2.34 bits per heavy atom. The molecule has 0 aliphatic heterocycles. The highest BCUT2D eigenvalue weighted by Gasteiger charge is 2.28. The Bertz CT molecular complexity index is 880. The zero-order valence-electron chi connectivity index (χ0n) is 16.1. The lowest BCUT2D eigenvalue weighted by molar-refractivity contribution is -0.149. The monoisotopic (exact) mass is 431 g/mol. The lowest BCUT2D eigenvalue weighted by Gasteiger charge is -2.20. The van der Waals surface area contributed by atoms with Crippen LogP contribution in [0, 0.1) is 0 Å². The molecule has 2 rings (SSSR count). The van der Waals surface area contributed by atoms with E-state index in [0.717, 1.165) is 0 Å². The van der Waals surface area contributed by atoms with E-state index in [-0.39, 0.29) is 5.82 Å². The first-order valence-electron chi connectivity index (χ1n) is 8.38. The summed E-state index contributed by atoms with van der Waals surface area (Å²) in [5.74, 6) is -0.997. The molecule has 1 atom stereocenters. The number of ether oxygens (including phenoxy) is 3. The molecule has 0 saturated carbocycles. The van der Waals surface area contributed by atoms with Crippen molar-refractivity contribution in [3.05, 3.63) is 12.7 Å². The number of nitrogens with zero attached hydrogens (tertiary/aromatic N) is 4. The highest BCUT2D eigenvalue weighted by molar-refractivity contribution is 7.53. The minimum absolute atomic E-state index is 0.254. The summed E-state index contributed by atoms with van der Waals surface area (Å²) in [6, 6.07) is 0. The van der Waals surface area contributed by atoms with Gasteiger partial charge in [0.2, 0.25) is 13.6 Å². The number of imidazole rings is 1. The number of fused-ring (bicyclic) bond motifs is 1. The van der Waals surface area contributed by atoms with Gasteiger partial charge < -0.3 is 24.5 Å². The largest absolute Gasteiger partial charge is 0.438 e. The SMILES string of the molecule is CC(=O)OCOP(=O)(CO[C@H](C)Cn1cnc2c(N)ncnc21)OCOC(C)=O. The van der Waals surface area contributed by atoms with Crippen molar-refractivity contribution in [2.45, 2.75) is 33.4 Å². The van der Waals surface area contributed by atoms with Crippen LogP contribution in [0.15, 0.2) is 12.7 Å². The quantitative estimate of drug-likeness (QED) is 0.305. The Labute approximate surface area is 166 Å². The van der Waals surface area contributed by atoms with E-state index in [2.05, 4.69) is 24.4 Å². The lowest BCUT2D eigenvalue weighted by Crippen LogP contribution is -2.19. The Kier molecular flexibility index (Phi) is 8.02. The van der Waals surface area contributed by atoms with Gasteiger partial charge in [-0.1, -0.05) is 0 Å². The number of hydrogen-bond acceptors (Lipinski definition) is 12. The minimum Gasteiger partial charge on any atom is -0.438 e. The topological polar surface area (TPSA) is 167 Å². The number of aromatic nitrogens is 4. The molecule has 0 saturated heterocycles. The van der Waals surface area contributed by atoms with E-state index in [4.69, 9.17) is 19.5 Å². The Balaban J connectivity index is 1.96. The van der Waals surface area contributed by atoms with E-state index in [1.807, 2.05) is 0 Å². The summed E-state index contributed by atoms with van der Waals surface area (Å²) in [6.45, 7) is 3.15. The van der Waals surface area contributed by atoms with Gasteiger partial charge in [-0.15, -0.1) is 0 Å². The van der Waals surface area contributed by atoms with E-state index >= 15 is 0 Å². The van der Waals surface area contributed by atoms with Crippen molar-refractivity contribution in [3.63, 3.8) is 0 Å². The second-order valence-corrected chi connectivity index (χ2v) is 7.81. The smallest absolute Gasteiger partial charge is 0.361 e. The van der Waals surface area contributed by atoms with Gasteiger partial charge >= 0.3 is 19.5 Å². The van der Waals surface area contributed by atoms with Gasteiger partial charge in [-0.05, 0) is 6.92 Å². The molecule has 0 radical (unpaired) electrons. The predicted octanol–water partition coefficient (Wildman–Crippen LogP) is 1.04. The number of carbonyl (C=O) groups is 2. The van der Waals surface area contributed by atoms with Crippen LogP contribution in [0.25, 0.3) is 11.2 Å². The molecule has 0 unspecified atom stereocenters. The number of carbonyl (C=O) groups excluding carboxylic acids is 2. The van der Waals surface area contributed by atoms with Gasteiger partial charge in [0.15, 0.2) is 11.5 Å². The molecule has 0 aliphatic rings. The van der Waals surface area contributed by atoms with Gasteiger partial charge in [-0.25, -0.2) is 15.0 Å². The van der Waals surface area contributed by atoms with Gasteiger partial charge in [0.05, 0.1) is 19.0 Å². The summed E-state index contributed by atoms with van der Waals surface area (Å²) >= 11 is 0. The van der Waals surface area contributed by atoms with E-state index in [0.29, 0.717) is 17.7 Å². The Morgan fingerprint density at radius 2 is 1.76 bits per heavy atom. The van der Waals surface area contributed by atoms with Gasteiger partial charge in [-0.3, -0.25) is 23.2 Å². The molecule has 0 aliphatic carbocycles. The first kappa shape index (κ1) is 22.7. The Hall–Kier alpha value is -2.60. The number of hydrogen-bond donors (Lipinski definition) is 1. The molecule has 2 aromatic heterocycles. The molecule has 160 valence electrons. The maximum Gasteiger partial charge on any atom is 0.361 e. The second-order valence-electron chi connectivity index (χ2n) is 5.81. The number of esters is 2. The molecule has 0 spiro atoms. The van der Waals surface area contributed by atoms with E-state index < -0.39 is 45.6 Å². The normalized spacial score (nSPS) is 12.7. The maximum atomic E-state index is 12.7. The summed E-state index contributed by atoms with van der Waals surface area (Å²) in [7, 11) is -3.88. The fourth-order valence-electron chi connectivity index (χ4n) is 2.07. The van der Waals surface area contributed by atoms with Crippen molar-refractivity contribution in [1.29, 1.82) is 0 Å². The first-order valence-corrected chi connectivity index (χ1v) is 10.1. The van der Waals surface area contributed by atoms with Crippen LogP contribution in [0.5, 0.6) is 0 Å². The molecule has 0 fully saturated rings. The van der Waals surface area contributed by atoms with Crippen molar-refractivity contribution < 1.29 is 37.4 Å². The van der Waals surface area contributed by atoms with Crippen molar-refractivity contribution in [2.24, 2.45) is 0 Å². The molecule has 29 heavy (non-hydrogen) atoms. The summed E-state index contributed by atoms with van der Waals surface area (Å²) in [5.41, 5.74) is 6.73. The number of anilines is 1. The number of nitrogens with two attached hydrogens (primary N) is 1. The highest BCUT2D eigenvalue weighted by Crippen LogP contribution is 2.48.